The molecule has 0 fully saturated rings. The maximum Gasteiger partial charge on any atom is 0.326 e. The summed E-state index contributed by atoms with van der Waals surface area (Å²) in [4.78, 5) is 0. The van der Waals surface area contributed by atoms with Crippen LogP contribution in [0.25, 0.3) is 0 Å². The van der Waals surface area contributed by atoms with E-state index in [2.05, 4.69) is 15.9 Å². The van der Waals surface area contributed by atoms with Gasteiger partial charge in [0.15, 0.2) is 0 Å². The molecule has 1 rings (SSSR count). The third-order valence-electron chi connectivity index (χ3n) is 0.998. The zero-order valence-electron chi connectivity index (χ0n) is 4.71. The van der Waals surface area contributed by atoms with Crippen LogP contribution in [0, 0.1) is 0 Å². The highest BCUT2D eigenvalue weighted by molar-refractivity contribution is 9.10. The van der Waals surface area contributed by atoms with E-state index in [0.717, 1.165) is 17.4 Å². The normalized spacial score (nSPS) is 9.11. The maximum atomic E-state index is 8.52. The van der Waals surface area contributed by atoms with Crippen LogP contribution in [0.1, 0.15) is 0 Å². The Morgan fingerprint density at radius 3 is 2.67 bits per heavy atom. The Morgan fingerprint density at radius 2 is 2.22 bits per heavy atom. The minimum absolute atomic E-state index is 0.810. The molecule has 0 amide bonds. The topological polar surface area (TPSA) is 20.2 Å². The molecule has 0 bridgehead atoms. The summed E-state index contributed by atoms with van der Waals surface area (Å²) in [5.41, 5.74) is 0.810. The second kappa shape index (κ2) is 3.04. The summed E-state index contributed by atoms with van der Waals surface area (Å²) in [7, 11) is 1.07. The molecule has 0 unspecified atom stereocenters. The Balaban J connectivity index is 2.94. The van der Waals surface area contributed by atoms with Crippen LogP contribution in [0.5, 0.6) is 0 Å². The molecule has 0 aromatic heterocycles. The highest BCUT2D eigenvalue weighted by atomic mass is 79.9. The summed E-state index contributed by atoms with van der Waals surface area (Å²) in [5, 5.41) is 8.52. The largest absolute Gasteiger partial charge is 0.450 e. The van der Waals surface area contributed by atoms with Gasteiger partial charge < -0.3 is 5.02 Å². The summed E-state index contributed by atoms with van der Waals surface area (Å²) < 4.78 is 0.977. The second-order valence-corrected chi connectivity index (χ2v) is 2.60. The van der Waals surface area contributed by atoms with Gasteiger partial charge in [0.05, 0.1) is 0 Å². The first-order valence-electron chi connectivity index (χ1n) is 2.56. The van der Waals surface area contributed by atoms with Crippen LogP contribution in [0.4, 0.5) is 0 Å². The molecule has 0 aliphatic rings. The Labute approximate surface area is 63.1 Å². The lowest BCUT2D eigenvalue weighted by Gasteiger charge is -1.91. The third kappa shape index (κ3) is 1.84. The fourth-order valence-corrected chi connectivity index (χ4v) is 1.00. The van der Waals surface area contributed by atoms with E-state index in [4.69, 9.17) is 5.02 Å². The lowest BCUT2D eigenvalue weighted by atomic mass is 9.89. The summed E-state index contributed by atoms with van der Waals surface area (Å²) in [6.07, 6.45) is 0. The van der Waals surface area contributed by atoms with Crippen molar-refractivity contribution in [1.29, 1.82) is 0 Å². The molecular formula is C6H5BBrO. The molecule has 45 valence electrons. The van der Waals surface area contributed by atoms with Gasteiger partial charge in [-0.25, -0.2) is 0 Å². The molecule has 1 aromatic carbocycles. The Morgan fingerprint density at radius 1 is 1.44 bits per heavy atom. The first-order valence-corrected chi connectivity index (χ1v) is 3.35. The van der Waals surface area contributed by atoms with Gasteiger partial charge in [-0.2, -0.15) is 0 Å². The van der Waals surface area contributed by atoms with Crippen LogP contribution >= 0.6 is 15.9 Å². The van der Waals surface area contributed by atoms with Gasteiger partial charge in [-0.1, -0.05) is 39.6 Å². The van der Waals surface area contributed by atoms with Crippen LogP contribution in [-0.4, -0.2) is 12.5 Å². The molecule has 1 aromatic rings. The molecule has 1 radical (unpaired) electrons. The first kappa shape index (κ1) is 6.84. The molecule has 0 spiro atoms. The third-order valence-corrected chi connectivity index (χ3v) is 1.49. The smallest absolute Gasteiger partial charge is 0.326 e. The predicted molar refractivity (Wildman–Crippen MR) is 41.7 cm³/mol. The Bertz CT molecular complexity index is 202. The van der Waals surface area contributed by atoms with Crippen molar-refractivity contribution >= 4 is 28.9 Å². The highest BCUT2D eigenvalue weighted by Crippen LogP contribution is 2.04. The van der Waals surface area contributed by atoms with E-state index >= 15 is 0 Å². The van der Waals surface area contributed by atoms with E-state index in [0.29, 0.717) is 0 Å². The standard InChI is InChI=1S/C6H5BBrO/c8-6-3-1-2-5(4-6)7-9/h1-4,9H. The van der Waals surface area contributed by atoms with Gasteiger partial charge in [0.25, 0.3) is 0 Å². The van der Waals surface area contributed by atoms with Crippen molar-refractivity contribution in [1.82, 2.24) is 0 Å². The summed E-state index contributed by atoms with van der Waals surface area (Å²) in [5.74, 6) is 0. The maximum absolute atomic E-state index is 8.52. The van der Waals surface area contributed by atoms with Gasteiger partial charge in [0, 0.05) is 4.47 Å². The van der Waals surface area contributed by atoms with Crippen LogP contribution in [0.3, 0.4) is 0 Å². The number of benzene rings is 1. The van der Waals surface area contributed by atoms with Crippen LogP contribution in [-0.2, 0) is 0 Å². The molecule has 1 nitrogen and oxygen atoms in total. The van der Waals surface area contributed by atoms with Gasteiger partial charge in [0.2, 0.25) is 0 Å². The zero-order chi connectivity index (χ0) is 6.69. The van der Waals surface area contributed by atoms with Gasteiger partial charge >= 0.3 is 7.48 Å². The Kier molecular flexibility index (Phi) is 2.31. The number of hydrogen-bond acceptors (Lipinski definition) is 1. The molecular weight excluding hydrogens is 179 g/mol. The van der Waals surface area contributed by atoms with Gasteiger partial charge in [-0.3, -0.25) is 0 Å². The van der Waals surface area contributed by atoms with Crippen molar-refractivity contribution < 1.29 is 5.02 Å². The fraction of sp³-hybridized carbons (Fsp3) is 0. The van der Waals surface area contributed by atoms with Crippen molar-refractivity contribution in [2.24, 2.45) is 0 Å². The fourth-order valence-electron chi connectivity index (χ4n) is 0.587. The molecule has 0 heterocycles. The van der Waals surface area contributed by atoms with E-state index in [-0.39, 0.29) is 0 Å². The molecule has 9 heavy (non-hydrogen) atoms. The zero-order valence-corrected chi connectivity index (χ0v) is 6.30. The minimum Gasteiger partial charge on any atom is -0.450 e. The number of hydrogen-bond donors (Lipinski definition) is 1. The molecule has 0 atom stereocenters. The van der Waals surface area contributed by atoms with Crippen molar-refractivity contribution in [3.05, 3.63) is 28.7 Å². The molecule has 0 aliphatic carbocycles. The summed E-state index contributed by atoms with van der Waals surface area (Å²) >= 11 is 3.27. The van der Waals surface area contributed by atoms with Crippen LogP contribution in [0.15, 0.2) is 28.7 Å². The van der Waals surface area contributed by atoms with E-state index in [9.17, 15) is 0 Å². The average molecular weight is 184 g/mol. The van der Waals surface area contributed by atoms with E-state index in [1.807, 2.05) is 24.3 Å². The lowest BCUT2D eigenvalue weighted by molar-refractivity contribution is 0.615. The monoisotopic (exact) mass is 183 g/mol. The Hall–Kier alpha value is -0.275. The average Bonchev–Trinajstić information content (AvgIpc) is 1.88. The van der Waals surface area contributed by atoms with Crippen LogP contribution < -0.4 is 5.46 Å². The second-order valence-electron chi connectivity index (χ2n) is 1.68. The molecule has 1 N–H and O–H groups in total. The van der Waals surface area contributed by atoms with Gasteiger partial charge in [0.1, 0.15) is 0 Å². The first-order chi connectivity index (χ1) is 4.33. The van der Waals surface area contributed by atoms with Crippen molar-refractivity contribution in [2.75, 3.05) is 0 Å². The summed E-state index contributed by atoms with van der Waals surface area (Å²) in [6, 6.07) is 7.43. The van der Waals surface area contributed by atoms with E-state index in [1.165, 1.54) is 0 Å². The van der Waals surface area contributed by atoms with E-state index < -0.39 is 0 Å². The molecule has 0 aliphatic heterocycles. The van der Waals surface area contributed by atoms with Crippen LogP contribution in [0.2, 0.25) is 0 Å². The minimum atomic E-state index is 0.810. The highest BCUT2D eigenvalue weighted by Gasteiger charge is 1.91. The number of rotatable bonds is 1. The van der Waals surface area contributed by atoms with Crippen molar-refractivity contribution in [3.63, 3.8) is 0 Å². The van der Waals surface area contributed by atoms with Crippen molar-refractivity contribution in [3.8, 4) is 0 Å². The van der Waals surface area contributed by atoms with Gasteiger partial charge in [-0.05, 0) is 6.07 Å². The van der Waals surface area contributed by atoms with Crippen molar-refractivity contribution in [2.45, 2.75) is 0 Å². The summed E-state index contributed by atoms with van der Waals surface area (Å²) in [6.45, 7) is 0. The van der Waals surface area contributed by atoms with E-state index in [1.54, 1.807) is 0 Å². The lowest BCUT2D eigenvalue weighted by Crippen LogP contribution is -2.11. The quantitative estimate of drug-likeness (QED) is 0.636. The molecule has 0 saturated heterocycles. The molecule has 0 saturated carbocycles. The molecule has 3 heteroatoms. The SMILES string of the molecule is O[B]c1cccc(Br)c1. The number of halogens is 1. The van der Waals surface area contributed by atoms with Gasteiger partial charge in [-0.15, -0.1) is 0 Å². The predicted octanol–water partition coefficient (Wildman–Crippen LogP) is 0.686.